The fraction of sp³-hybridized carbons (Fsp3) is 0.438. The average Bonchev–Trinajstić information content (AvgIpc) is 2.34. The number of nitrogens with one attached hydrogen (secondary N) is 1. The summed E-state index contributed by atoms with van der Waals surface area (Å²) in [5, 5.41) is 2.93. The van der Waals surface area contributed by atoms with Crippen LogP contribution in [0.25, 0.3) is 6.08 Å². The predicted molar refractivity (Wildman–Crippen MR) is 81.5 cm³/mol. The molecule has 0 atom stereocenters. The summed E-state index contributed by atoms with van der Waals surface area (Å²) in [4.78, 5) is 11.7. The number of nitrogens with two attached hydrogens (primary N) is 1. The second-order valence-corrected chi connectivity index (χ2v) is 5.86. The van der Waals surface area contributed by atoms with Crippen molar-refractivity contribution in [1.29, 1.82) is 0 Å². The molecule has 0 saturated heterocycles. The molecule has 0 unspecified atom stereocenters. The van der Waals surface area contributed by atoms with Gasteiger partial charge in [0.25, 0.3) is 0 Å². The minimum Gasteiger partial charge on any atom is -0.399 e. The van der Waals surface area contributed by atoms with Gasteiger partial charge in [0.15, 0.2) is 0 Å². The molecule has 0 spiro atoms. The zero-order valence-corrected chi connectivity index (χ0v) is 12.2. The van der Waals surface area contributed by atoms with Crippen LogP contribution in [-0.4, -0.2) is 12.5 Å². The van der Waals surface area contributed by atoms with E-state index in [1.807, 2.05) is 24.3 Å². The third-order valence-electron chi connectivity index (χ3n) is 3.62. The van der Waals surface area contributed by atoms with Crippen molar-refractivity contribution >= 4 is 17.7 Å². The molecule has 3 nitrogen and oxygen atoms in total. The zero-order chi connectivity index (χ0) is 14.5. The first kappa shape index (κ1) is 15.3. The Bertz CT molecular complexity index is 462. The number of nitrogen functional groups attached to an aromatic ring is 1. The lowest BCUT2D eigenvalue weighted by atomic mass is 9.81. The van der Waals surface area contributed by atoms with E-state index in [1.54, 1.807) is 12.2 Å². The maximum atomic E-state index is 11.7. The number of hydrogen-bond acceptors (Lipinski definition) is 2. The maximum absolute atomic E-state index is 11.7. The topological polar surface area (TPSA) is 55.1 Å². The van der Waals surface area contributed by atoms with E-state index in [2.05, 4.69) is 33.0 Å². The molecule has 0 aromatic heterocycles. The summed E-state index contributed by atoms with van der Waals surface area (Å²) in [6.07, 6.45) is 3.32. The van der Waals surface area contributed by atoms with Gasteiger partial charge < -0.3 is 11.1 Å². The van der Waals surface area contributed by atoms with Crippen molar-refractivity contribution in [3.63, 3.8) is 0 Å². The van der Waals surface area contributed by atoms with Crippen LogP contribution in [0.5, 0.6) is 0 Å². The number of carbonyl (C=O) groups is 1. The minimum atomic E-state index is -0.0730. The van der Waals surface area contributed by atoms with Gasteiger partial charge in [0.2, 0.25) is 5.91 Å². The number of anilines is 1. The molecule has 1 aromatic rings. The van der Waals surface area contributed by atoms with E-state index in [1.165, 1.54) is 0 Å². The van der Waals surface area contributed by atoms with Gasteiger partial charge in [0.1, 0.15) is 0 Å². The van der Waals surface area contributed by atoms with Crippen LogP contribution in [0.2, 0.25) is 0 Å². The van der Waals surface area contributed by atoms with Gasteiger partial charge in [-0.25, -0.2) is 0 Å². The third-order valence-corrected chi connectivity index (χ3v) is 3.62. The summed E-state index contributed by atoms with van der Waals surface area (Å²) in [5.74, 6) is 0.446. The van der Waals surface area contributed by atoms with E-state index >= 15 is 0 Å². The summed E-state index contributed by atoms with van der Waals surface area (Å²) in [6, 6.07) is 7.44. The van der Waals surface area contributed by atoms with Gasteiger partial charge in [0.05, 0.1) is 0 Å². The molecule has 1 aromatic carbocycles. The van der Waals surface area contributed by atoms with Crippen molar-refractivity contribution in [2.75, 3.05) is 12.3 Å². The second-order valence-electron chi connectivity index (χ2n) is 5.86. The maximum Gasteiger partial charge on any atom is 0.244 e. The van der Waals surface area contributed by atoms with E-state index in [9.17, 15) is 4.79 Å². The third kappa shape index (κ3) is 5.16. The first-order chi connectivity index (χ1) is 8.81. The minimum absolute atomic E-state index is 0.0730. The van der Waals surface area contributed by atoms with Gasteiger partial charge >= 0.3 is 0 Å². The molecule has 104 valence electrons. The highest BCUT2D eigenvalue weighted by Crippen LogP contribution is 2.24. The van der Waals surface area contributed by atoms with E-state index in [0.29, 0.717) is 18.2 Å². The number of carbonyl (C=O) groups excluding carboxylic acids is 1. The Kier molecular flexibility index (Phi) is 5.16. The summed E-state index contributed by atoms with van der Waals surface area (Å²) in [7, 11) is 0. The van der Waals surface area contributed by atoms with Gasteiger partial charge in [0, 0.05) is 18.3 Å². The molecule has 0 aliphatic rings. The molecular formula is C16H24N2O. The lowest BCUT2D eigenvalue weighted by Gasteiger charge is -2.29. The van der Waals surface area contributed by atoms with Crippen LogP contribution in [0.15, 0.2) is 30.3 Å². The van der Waals surface area contributed by atoms with E-state index in [-0.39, 0.29) is 11.3 Å². The van der Waals surface area contributed by atoms with Crippen molar-refractivity contribution in [3.8, 4) is 0 Å². The summed E-state index contributed by atoms with van der Waals surface area (Å²) >= 11 is 0. The van der Waals surface area contributed by atoms with Crippen molar-refractivity contribution in [3.05, 3.63) is 35.9 Å². The highest BCUT2D eigenvalue weighted by Gasteiger charge is 2.22. The summed E-state index contributed by atoms with van der Waals surface area (Å²) in [5.41, 5.74) is 7.40. The van der Waals surface area contributed by atoms with E-state index in [0.717, 1.165) is 5.56 Å². The number of hydrogen-bond donors (Lipinski definition) is 2. The Morgan fingerprint density at radius 3 is 2.68 bits per heavy atom. The van der Waals surface area contributed by atoms with E-state index < -0.39 is 0 Å². The standard InChI is InChI=1S/C16H24N2O/c1-12(2)16(3,4)11-18-15(19)9-8-13-6-5-7-14(17)10-13/h5-10,12H,11,17H2,1-4H3,(H,18,19)/b9-8+. The van der Waals surface area contributed by atoms with Crippen LogP contribution < -0.4 is 11.1 Å². The van der Waals surface area contributed by atoms with Gasteiger partial charge in [-0.2, -0.15) is 0 Å². The summed E-state index contributed by atoms with van der Waals surface area (Å²) < 4.78 is 0. The van der Waals surface area contributed by atoms with Crippen LogP contribution in [0.3, 0.4) is 0 Å². The fourth-order valence-electron chi connectivity index (χ4n) is 1.41. The Hall–Kier alpha value is -1.77. The molecule has 0 heterocycles. The Morgan fingerprint density at radius 2 is 2.11 bits per heavy atom. The van der Waals surface area contributed by atoms with Crippen LogP contribution in [-0.2, 0) is 4.79 Å². The first-order valence-electron chi connectivity index (χ1n) is 6.63. The Labute approximate surface area is 115 Å². The molecule has 0 fully saturated rings. The molecule has 0 aliphatic heterocycles. The monoisotopic (exact) mass is 260 g/mol. The number of amides is 1. The van der Waals surface area contributed by atoms with E-state index in [4.69, 9.17) is 5.73 Å². The molecule has 3 heteroatoms. The fourth-order valence-corrected chi connectivity index (χ4v) is 1.41. The Morgan fingerprint density at radius 1 is 1.42 bits per heavy atom. The molecule has 19 heavy (non-hydrogen) atoms. The molecule has 0 aliphatic carbocycles. The second kappa shape index (κ2) is 6.41. The lowest BCUT2D eigenvalue weighted by molar-refractivity contribution is -0.117. The van der Waals surface area contributed by atoms with Crippen molar-refractivity contribution < 1.29 is 4.79 Å². The molecular weight excluding hydrogens is 236 g/mol. The zero-order valence-electron chi connectivity index (χ0n) is 12.2. The van der Waals surface area contributed by atoms with Gasteiger partial charge in [-0.15, -0.1) is 0 Å². The quantitative estimate of drug-likeness (QED) is 0.631. The molecule has 1 amide bonds. The molecule has 1 rings (SSSR count). The Balaban J connectivity index is 2.52. The van der Waals surface area contributed by atoms with Crippen LogP contribution in [0.4, 0.5) is 5.69 Å². The smallest absolute Gasteiger partial charge is 0.244 e. The normalized spacial score (nSPS) is 12.1. The number of rotatable bonds is 5. The highest BCUT2D eigenvalue weighted by atomic mass is 16.1. The lowest BCUT2D eigenvalue weighted by Crippen LogP contribution is -2.36. The molecule has 0 saturated carbocycles. The summed E-state index contributed by atoms with van der Waals surface area (Å²) in [6.45, 7) is 9.30. The molecule has 3 N–H and O–H groups in total. The van der Waals surface area contributed by atoms with Crippen molar-refractivity contribution in [2.24, 2.45) is 11.3 Å². The molecule has 0 radical (unpaired) electrons. The highest BCUT2D eigenvalue weighted by molar-refractivity contribution is 5.91. The van der Waals surface area contributed by atoms with Gasteiger partial charge in [-0.1, -0.05) is 39.8 Å². The van der Waals surface area contributed by atoms with Crippen molar-refractivity contribution in [1.82, 2.24) is 5.32 Å². The van der Waals surface area contributed by atoms with Crippen molar-refractivity contribution in [2.45, 2.75) is 27.7 Å². The van der Waals surface area contributed by atoms with Crippen LogP contribution in [0.1, 0.15) is 33.3 Å². The van der Waals surface area contributed by atoms with Gasteiger partial charge in [-0.3, -0.25) is 4.79 Å². The van der Waals surface area contributed by atoms with Gasteiger partial charge in [-0.05, 0) is 35.1 Å². The molecule has 0 bridgehead atoms. The largest absolute Gasteiger partial charge is 0.399 e. The average molecular weight is 260 g/mol. The SMILES string of the molecule is CC(C)C(C)(C)CNC(=O)/C=C/c1cccc(N)c1. The first-order valence-corrected chi connectivity index (χ1v) is 6.63. The predicted octanol–water partition coefficient (Wildman–Crippen LogP) is 3.08. The van der Waals surface area contributed by atoms with Crippen LogP contribution >= 0.6 is 0 Å². The van der Waals surface area contributed by atoms with Crippen LogP contribution in [0, 0.1) is 11.3 Å². The number of benzene rings is 1.